The molecule has 0 unspecified atom stereocenters. The third-order valence-electron chi connectivity index (χ3n) is 6.27. The van der Waals surface area contributed by atoms with Crippen molar-refractivity contribution in [2.75, 3.05) is 24.5 Å². The summed E-state index contributed by atoms with van der Waals surface area (Å²) >= 11 is 0. The van der Waals surface area contributed by atoms with Gasteiger partial charge in [-0.2, -0.15) is 0 Å². The second-order valence-corrected chi connectivity index (χ2v) is 8.37. The number of rotatable bonds is 4. The Balaban J connectivity index is 1.47. The summed E-state index contributed by atoms with van der Waals surface area (Å²) < 4.78 is 2.03. The first-order valence-electron chi connectivity index (χ1n) is 10.7. The fraction of sp³-hybridized carbons (Fsp3) is 0.375. The largest absolute Gasteiger partial charge is 0.341 e. The van der Waals surface area contributed by atoms with Gasteiger partial charge in [-0.1, -0.05) is 29.8 Å². The molecule has 6 nitrogen and oxygen atoms in total. The summed E-state index contributed by atoms with van der Waals surface area (Å²) in [5, 5.41) is 0. The number of likely N-dealkylation sites (tertiary alicyclic amines) is 1. The Morgan fingerprint density at radius 3 is 2.57 bits per heavy atom. The van der Waals surface area contributed by atoms with Gasteiger partial charge in [0.25, 0.3) is 0 Å². The van der Waals surface area contributed by atoms with Crippen LogP contribution in [0.3, 0.4) is 0 Å². The van der Waals surface area contributed by atoms with Crippen molar-refractivity contribution in [2.24, 2.45) is 0 Å². The van der Waals surface area contributed by atoms with Crippen LogP contribution in [0.2, 0.25) is 0 Å². The second kappa shape index (κ2) is 7.59. The van der Waals surface area contributed by atoms with E-state index in [1.165, 1.54) is 5.56 Å². The molecule has 5 rings (SSSR count). The maximum absolute atomic E-state index is 12.9. The van der Waals surface area contributed by atoms with Crippen LogP contribution in [0.15, 0.2) is 48.5 Å². The Hall–Kier alpha value is -3.15. The SMILES string of the molecule is Cc1ccc(N2C[C@H](c3nc4ccccc4n3CC(=O)N3CCCC3)CC2=O)cc1. The predicted octanol–water partition coefficient (Wildman–Crippen LogP) is 3.49. The highest BCUT2D eigenvalue weighted by Gasteiger charge is 2.35. The van der Waals surface area contributed by atoms with Crippen LogP contribution in [-0.4, -0.2) is 45.9 Å². The highest BCUT2D eigenvalue weighted by molar-refractivity contribution is 5.96. The maximum atomic E-state index is 12.9. The highest BCUT2D eigenvalue weighted by atomic mass is 16.2. The van der Waals surface area contributed by atoms with Crippen LogP contribution in [0, 0.1) is 6.92 Å². The fourth-order valence-electron chi connectivity index (χ4n) is 4.63. The molecule has 0 aliphatic carbocycles. The van der Waals surface area contributed by atoms with Crippen LogP contribution in [0.1, 0.15) is 36.6 Å². The number of anilines is 1. The number of hydrogen-bond donors (Lipinski definition) is 0. The first kappa shape index (κ1) is 18.9. The third-order valence-corrected chi connectivity index (χ3v) is 6.27. The number of fused-ring (bicyclic) bond motifs is 1. The van der Waals surface area contributed by atoms with Gasteiger partial charge in [0.15, 0.2) is 0 Å². The van der Waals surface area contributed by atoms with Crippen molar-refractivity contribution in [1.82, 2.24) is 14.5 Å². The molecule has 2 aromatic carbocycles. The summed E-state index contributed by atoms with van der Waals surface area (Å²) in [5.74, 6) is 1.05. The summed E-state index contributed by atoms with van der Waals surface area (Å²) in [6, 6.07) is 16.0. The minimum absolute atomic E-state index is 0.0300. The van der Waals surface area contributed by atoms with E-state index in [4.69, 9.17) is 4.98 Å². The molecular weight excluding hydrogens is 376 g/mol. The zero-order valence-electron chi connectivity index (χ0n) is 17.3. The molecular formula is C24H26N4O2. The molecule has 0 bridgehead atoms. The number of imidazole rings is 1. The van der Waals surface area contributed by atoms with E-state index in [0.29, 0.717) is 13.0 Å². The van der Waals surface area contributed by atoms with Gasteiger partial charge in [0.1, 0.15) is 12.4 Å². The van der Waals surface area contributed by atoms with Crippen molar-refractivity contribution in [3.63, 3.8) is 0 Å². The minimum Gasteiger partial charge on any atom is -0.341 e. The summed E-state index contributed by atoms with van der Waals surface area (Å²) in [6.07, 6.45) is 2.56. The minimum atomic E-state index is -0.0300. The van der Waals surface area contributed by atoms with Crippen molar-refractivity contribution in [2.45, 2.75) is 38.6 Å². The number of aryl methyl sites for hydroxylation is 1. The molecule has 0 saturated carbocycles. The smallest absolute Gasteiger partial charge is 0.242 e. The number of amides is 2. The van der Waals surface area contributed by atoms with Gasteiger partial charge in [-0.05, 0) is 44.0 Å². The van der Waals surface area contributed by atoms with Crippen LogP contribution in [-0.2, 0) is 16.1 Å². The van der Waals surface area contributed by atoms with Gasteiger partial charge in [0, 0.05) is 37.7 Å². The molecule has 2 aliphatic rings. The van der Waals surface area contributed by atoms with E-state index < -0.39 is 0 Å². The lowest BCUT2D eigenvalue weighted by Crippen LogP contribution is -2.32. The van der Waals surface area contributed by atoms with E-state index in [2.05, 4.69) is 0 Å². The summed E-state index contributed by atoms with van der Waals surface area (Å²) in [4.78, 5) is 34.4. The number of nitrogens with zero attached hydrogens (tertiary/aromatic N) is 4. The number of para-hydroxylation sites is 2. The Morgan fingerprint density at radius 1 is 1.07 bits per heavy atom. The Bertz CT molecular complexity index is 1100. The third kappa shape index (κ3) is 3.36. The molecule has 30 heavy (non-hydrogen) atoms. The molecule has 6 heteroatoms. The van der Waals surface area contributed by atoms with Crippen molar-refractivity contribution >= 4 is 28.5 Å². The first-order valence-corrected chi connectivity index (χ1v) is 10.7. The first-order chi connectivity index (χ1) is 14.6. The van der Waals surface area contributed by atoms with Crippen LogP contribution in [0.25, 0.3) is 11.0 Å². The normalized spacial score (nSPS) is 19.2. The standard InChI is InChI=1S/C24H26N4O2/c1-17-8-10-19(11-9-17)27-15-18(14-22(27)29)24-25-20-6-2-3-7-21(20)28(24)16-23(30)26-12-4-5-13-26/h2-3,6-11,18H,4-5,12-16H2,1H3/t18-/m1/s1. The Labute approximate surface area is 176 Å². The van der Waals surface area contributed by atoms with Crippen molar-refractivity contribution < 1.29 is 9.59 Å². The highest BCUT2D eigenvalue weighted by Crippen LogP contribution is 2.33. The summed E-state index contributed by atoms with van der Waals surface area (Å²) in [7, 11) is 0. The lowest BCUT2D eigenvalue weighted by atomic mass is 10.1. The van der Waals surface area contributed by atoms with E-state index in [-0.39, 0.29) is 24.3 Å². The number of carbonyl (C=O) groups excluding carboxylic acids is 2. The van der Waals surface area contributed by atoms with Gasteiger partial charge in [-0.3, -0.25) is 9.59 Å². The van der Waals surface area contributed by atoms with Gasteiger partial charge < -0.3 is 14.4 Å². The van der Waals surface area contributed by atoms with Gasteiger partial charge in [0.2, 0.25) is 11.8 Å². The molecule has 0 N–H and O–H groups in total. The molecule has 1 aromatic heterocycles. The van der Waals surface area contributed by atoms with Crippen molar-refractivity contribution in [3.8, 4) is 0 Å². The zero-order valence-corrected chi connectivity index (χ0v) is 17.3. The number of aromatic nitrogens is 2. The van der Waals surface area contributed by atoms with E-state index in [1.807, 2.05) is 69.8 Å². The second-order valence-electron chi connectivity index (χ2n) is 8.37. The summed E-state index contributed by atoms with van der Waals surface area (Å²) in [6.45, 7) is 4.58. The number of carbonyl (C=O) groups is 2. The van der Waals surface area contributed by atoms with Crippen LogP contribution >= 0.6 is 0 Å². The molecule has 2 aliphatic heterocycles. The van der Waals surface area contributed by atoms with Crippen molar-refractivity contribution in [3.05, 3.63) is 59.9 Å². The molecule has 0 spiro atoms. The lowest BCUT2D eigenvalue weighted by Gasteiger charge is -2.19. The van der Waals surface area contributed by atoms with Crippen LogP contribution in [0.5, 0.6) is 0 Å². The Morgan fingerprint density at radius 2 is 1.80 bits per heavy atom. The molecule has 1 atom stereocenters. The van der Waals surface area contributed by atoms with Crippen LogP contribution in [0.4, 0.5) is 5.69 Å². The lowest BCUT2D eigenvalue weighted by molar-refractivity contribution is -0.130. The average molecular weight is 402 g/mol. The summed E-state index contributed by atoms with van der Waals surface area (Å²) in [5.41, 5.74) is 3.93. The maximum Gasteiger partial charge on any atom is 0.242 e. The fourth-order valence-corrected chi connectivity index (χ4v) is 4.63. The number of benzene rings is 2. The topological polar surface area (TPSA) is 58.4 Å². The van der Waals surface area contributed by atoms with Gasteiger partial charge in [-0.15, -0.1) is 0 Å². The average Bonchev–Trinajstić information content (AvgIpc) is 3.48. The molecule has 0 radical (unpaired) electrons. The van der Waals surface area contributed by atoms with E-state index in [0.717, 1.165) is 48.5 Å². The Kier molecular flexibility index (Phi) is 4.77. The molecule has 2 amide bonds. The molecule has 3 aromatic rings. The van der Waals surface area contributed by atoms with E-state index >= 15 is 0 Å². The molecule has 2 fully saturated rings. The van der Waals surface area contributed by atoms with Gasteiger partial charge >= 0.3 is 0 Å². The van der Waals surface area contributed by atoms with Crippen molar-refractivity contribution in [1.29, 1.82) is 0 Å². The molecule has 2 saturated heterocycles. The van der Waals surface area contributed by atoms with E-state index in [9.17, 15) is 9.59 Å². The van der Waals surface area contributed by atoms with Crippen LogP contribution < -0.4 is 4.90 Å². The predicted molar refractivity (Wildman–Crippen MR) is 116 cm³/mol. The zero-order chi connectivity index (χ0) is 20.7. The van der Waals surface area contributed by atoms with E-state index in [1.54, 1.807) is 0 Å². The molecule has 154 valence electrons. The quantitative estimate of drug-likeness (QED) is 0.671. The monoisotopic (exact) mass is 402 g/mol. The van der Waals surface area contributed by atoms with Gasteiger partial charge in [-0.25, -0.2) is 4.98 Å². The van der Waals surface area contributed by atoms with Gasteiger partial charge in [0.05, 0.1) is 11.0 Å². The molecule has 3 heterocycles. The number of hydrogen-bond acceptors (Lipinski definition) is 3.